The zero-order chi connectivity index (χ0) is 16.1. The second-order valence-electron chi connectivity index (χ2n) is 5.12. The number of carbonyl (C=O) groups excluding carboxylic acids is 1. The summed E-state index contributed by atoms with van der Waals surface area (Å²) in [7, 11) is 1.68. The monoisotopic (exact) mass is 320 g/mol. The van der Waals surface area contributed by atoms with Gasteiger partial charge in [0.1, 0.15) is 12.4 Å². The van der Waals surface area contributed by atoms with Crippen LogP contribution in [0.25, 0.3) is 0 Å². The molecule has 0 spiro atoms. The molecule has 1 amide bonds. The molecule has 6 heteroatoms. The number of nitrogens with zero attached hydrogens (tertiary/aromatic N) is 2. The summed E-state index contributed by atoms with van der Waals surface area (Å²) in [5.41, 5.74) is 1.42. The number of carbonyl (C=O) groups is 1. The molecule has 0 aliphatic rings. The Morgan fingerprint density at radius 1 is 1.50 bits per heavy atom. The van der Waals surface area contributed by atoms with E-state index in [2.05, 4.69) is 4.98 Å². The predicted octanol–water partition coefficient (Wildman–Crippen LogP) is 2.48. The maximum absolute atomic E-state index is 12.3. The van der Waals surface area contributed by atoms with Gasteiger partial charge in [-0.25, -0.2) is 4.98 Å². The number of aliphatic hydroxyl groups is 1. The van der Waals surface area contributed by atoms with Gasteiger partial charge >= 0.3 is 0 Å². The number of ether oxygens (including phenoxy) is 1. The van der Waals surface area contributed by atoms with Gasteiger partial charge in [-0.05, 0) is 32.0 Å². The van der Waals surface area contributed by atoms with Crippen LogP contribution in [-0.2, 0) is 6.61 Å². The van der Waals surface area contributed by atoms with Crippen molar-refractivity contribution in [3.05, 3.63) is 45.9 Å². The third kappa shape index (κ3) is 4.05. The average molecular weight is 320 g/mol. The fraction of sp³-hybridized carbons (Fsp3) is 0.375. The van der Waals surface area contributed by atoms with Crippen molar-refractivity contribution in [2.45, 2.75) is 26.5 Å². The zero-order valence-electron chi connectivity index (χ0n) is 12.9. The van der Waals surface area contributed by atoms with Crippen molar-refractivity contribution in [2.75, 3.05) is 13.7 Å². The Kier molecular flexibility index (Phi) is 5.51. The van der Waals surface area contributed by atoms with Crippen molar-refractivity contribution in [1.82, 2.24) is 9.88 Å². The number of amides is 1. The highest BCUT2D eigenvalue weighted by Crippen LogP contribution is 2.17. The molecule has 1 atom stereocenters. The van der Waals surface area contributed by atoms with Crippen LogP contribution < -0.4 is 4.74 Å². The molecule has 0 aliphatic heterocycles. The standard InChI is InChI=1S/C16H20N2O3S/c1-11(8-19)18(3)16(20)13-5-4-6-15(7-13)21-9-14-10-22-12(2)17-14/h4-7,10-11,19H,8-9H2,1-3H3. The van der Waals surface area contributed by atoms with Crippen LogP contribution in [0, 0.1) is 6.92 Å². The van der Waals surface area contributed by atoms with Gasteiger partial charge in [0.2, 0.25) is 0 Å². The molecule has 2 aromatic rings. The van der Waals surface area contributed by atoms with E-state index in [-0.39, 0.29) is 18.6 Å². The molecule has 118 valence electrons. The number of aromatic nitrogens is 1. The Morgan fingerprint density at radius 2 is 2.27 bits per heavy atom. The Morgan fingerprint density at radius 3 is 2.91 bits per heavy atom. The van der Waals surface area contributed by atoms with E-state index in [1.54, 1.807) is 43.5 Å². The third-order valence-electron chi connectivity index (χ3n) is 3.38. The van der Waals surface area contributed by atoms with Gasteiger partial charge < -0.3 is 14.7 Å². The number of thiazole rings is 1. The molecule has 5 nitrogen and oxygen atoms in total. The molecule has 1 heterocycles. The highest BCUT2D eigenvalue weighted by molar-refractivity contribution is 7.09. The normalized spacial score (nSPS) is 12.0. The maximum atomic E-state index is 12.3. The lowest BCUT2D eigenvalue weighted by molar-refractivity contribution is 0.0681. The summed E-state index contributed by atoms with van der Waals surface area (Å²) in [6.45, 7) is 4.06. The number of likely N-dealkylation sites (N-methyl/N-ethyl adjacent to an activating group) is 1. The first-order valence-electron chi connectivity index (χ1n) is 7.03. The van der Waals surface area contributed by atoms with Gasteiger partial charge in [0.05, 0.1) is 23.4 Å². The molecular weight excluding hydrogens is 300 g/mol. The van der Waals surface area contributed by atoms with E-state index in [9.17, 15) is 4.79 Å². The summed E-state index contributed by atoms with van der Waals surface area (Å²) in [5, 5.41) is 12.1. The summed E-state index contributed by atoms with van der Waals surface area (Å²) in [6.07, 6.45) is 0. The van der Waals surface area contributed by atoms with Crippen molar-refractivity contribution < 1.29 is 14.6 Å². The fourth-order valence-electron chi connectivity index (χ4n) is 1.88. The molecule has 1 aromatic carbocycles. The molecule has 0 saturated heterocycles. The summed E-state index contributed by atoms with van der Waals surface area (Å²) < 4.78 is 5.69. The lowest BCUT2D eigenvalue weighted by atomic mass is 10.1. The van der Waals surface area contributed by atoms with Crippen LogP contribution in [0.15, 0.2) is 29.6 Å². The summed E-state index contributed by atoms with van der Waals surface area (Å²) >= 11 is 1.58. The molecule has 1 unspecified atom stereocenters. The van der Waals surface area contributed by atoms with E-state index in [0.29, 0.717) is 17.9 Å². The van der Waals surface area contributed by atoms with Gasteiger partial charge in [-0.1, -0.05) is 6.07 Å². The second-order valence-corrected chi connectivity index (χ2v) is 6.18. The zero-order valence-corrected chi connectivity index (χ0v) is 13.8. The number of hydrogen-bond acceptors (Lipinski definition) is 5. The molecule has 0 aliphatic carbocycles. The number of hydrogen-bond donors (Lipinski definition) is 1. The van der Waals surface area contributed by atoms with Gasteiger partial charge in [0, 0.05) is 18.0 Å². The van der Waals surface area contributed by atoms with Crippen molar-refractivity contribution in [3.63, 3.8) is 0 Å². The largest absolute Gasteiger partial charge is 0.487 e. The van der Waals surface area contributed by atoms with Gasteiger partial charge in [-0.2, -0.15) is 0 Å². The maximum Gasteiger partial charge on any atom is 0.254 e. The first-order valence-corrected chi connectivity index (χ1v) is 7.91. The second kappa shape index (κ2) is 7.38. The molecule has 1 aromatic heterocycles. The van der Waals surface area contributed by atoms with E-state index < -0.39 is 0 Å². The number of aryl methyl sites for hydroxylation is 1. The molecule has 0 saturated carbocycles. The van der Waals surface area contributed by atoms with Gasteiger partial charge in [0.25, 0.3) is 5.91 Å². The highest BCUT2D eigenvalue weighted by atomic mass is 32.1. The highest BCUT2D eigenvalue weighted by Gasteiger charge is 2.17. The minimum Gasteiger partial charge on any atom is -0.487 e. The Balaban J connectivity index is 2.04. The topological polar surface area (TPSA) is 62.7 Å². The van der Waals surface area contributed by atoms with Gasteiger partial charge in [-0.3, -0.25) is 4.79 Å². The van der Waals surface area contributed by atoms with Crippen LogP contribution >= 0.6 is 11.3 Å². The van der Waals surface area contributed by atoms with Crippen LogP contribution in [0.3, 0.4) is 0 Å². The SMILES string of the molecule is Cc1nc(COc2cccc(C(=O)N(C)C(C)CO)c2)cs1. The molecule has 0 radical (unpaired) electrons. The van der Waals surface area contributed by atoms with E-state index in [0.717, 1.165) is 10.7 Å². The number of aliphatic hydroxyl groups excluding tert-OH is 1. The lowest BCUT2D eigenvalue weighted by Gasteiger charge is -2.23. The minimum absolute atomic E-state index is 0.0678. The molecule has 22 heavy (non-hydrogen) atoms. The van der Waals surface area contributed by atoms with Crippen LogP contribution in [0.1, 0.15) is 28.0 Å². The van der Waals surface area contributed by atoms with E-state index >= 15 is 0 Å². The van der Waals surface area contributed by atoms with Crippen LogP contribution in [0.5, 0.6) is 5.75 Å². The molecule has 0 bridgehead atoms. The number of rotatable bonds is 6. The Hall–Kier alpha value is -1.92. The smallest absolute Gasteiger partial charge is 0.254 e. The van der Waals surface area contributed by atoms with E-state index in [1.807, 2.05) is 18.4 Å². The van der Waals surface area contributed by atoms with Crippen molar-refractivity contribution in [1.29, 1.82) is 0 Å². The summed E-state index contributed by atoms with van der Waals surface area (Å²) in [6, 6.07) is 6.82. The molecule has 0 fully saturated rings. The third-order valence-corrected chi connectivity index (χ3v) is 4.20. The molecular formula is C16H20N2O3S. The van der Waals surface area contributed by atoms with E-state index in [1.165, 1.54) is 4.90 Å². The fourth-order valence-corrected chi connectivity index (χ4v) is 2.47. The summed E-state index contributed by atoms with van der Waals surface area (Å²) in [4.78, 5) is 18.2. The van der Waals surface area contributed by atoms with Crippen molar-refractivity contribution >= 4 is 17.2 Å². The molecule has 2 rings (SSSR count). The van der Waals surface area contributed by atoms with Gasteiger partial charge in [-0.15, -0.1) is 11.3 Å². The first kappa shape index (κ1) is 16.5. The summed E-state index contributed by atoms with van der Waals surface area (Å²) in [5.74, 6) is 0.484. The average Bonchev–Trinajstić information content (AvgIpc) is 2.96. The molecule has 1 N–H and O–H groups in total. The Labute approximate surface area is 134 Å². The lowest BCUT2D eigenvalue weighted by Crippen LogP contribution is -2.37. The van der Waals surface area contributed by atoms with E-state index in [4.69, 9.17) is 9.84 Å². The van der Waals surface area contributed by atoms with Crippen molar-refractivity contribution in [3.8, 4) is 5.75 Å². The van der Waals surface area contributed by atoms with Crippen LogP contribution in [0.4, 0.5) is 0 Å². The Bertz CT molecular complexity index is 642. The number of benzene rings is 1. The van der Waals surface area contributed by atoms with Crippen LogP contribution in [-0.4, -0.2) is 40.6 Å². The van der Waals surface area contributed by atoms with Crippen molar-refractivity contribution in [2.24, 2.45) is 0 Å². The first-order chi connectivity index (χ1) is 10.5. The predicted molar refractivity (Wildman–Crippen MR) is 86.3 cm³/mol. The van der Waals surface area contributed by atoms with Gasteiger partial charge in [0.15, 0.2) is 0 Å². The van der Waals surface area contributed by atoms with Crippen LogP contribution in [0.2, 0.25) is 0 Å². The quantitative estimate of drug-likeness (QED) is 0.888. The minimum atomic E-state index is -0.227.